The first-order valence-corrected chi connectivity index (χ1v) is 8.38. The first-order chi connectivity index (χ1) is 9.78. The molecular formula is C17H20BrClN2. The monoisotopic (exact) mass is 366 g/mol. The van der Waals surface area contributed by atoms with Crippen LogP contribution in [0, 0.1) is 12.3 Å². The highest BCUT2D eigenvalue weighted by atomic mass is 79.9. The molecule has 1 heterocycles. The van der Waals surface area contributed by atoms with Gasteiger partial charge in [0.15, 0.2) is 0 Å². The number of benzene rings is 1. The summed E-state index contributed by atoms with van der Waals surface area (Å²) in [6.07, 6.45) is 2.04. The Balaban J connectivity index is 2.23. The van der Waals surface area contributed by atoms with Crippen LogP contribution in [-0.2, 0) is 6.42 Å². The van der Waals surface area contributed by atoms with Gasteiger partial charge >= 0.3 is 0 Å². The number of halogens is 2. The molecule has 0 fully saturated rings. The van der Waals surface area contributed by atoms with Crippen molar-refractivity contribution in [2.24, 2.45) is 11.1 Å². The largest absolute Gasteiger partial charge is 0.324 e. The summed E-state index contributed by atoms with van der Waals surface area (Å²) in [5.74, 6) is 0. The van der Waals surface area contributed by atoms with Crippen LogP contribution in [0.25, 0.3) is 5.69 Å². The maximum Gasteiger partial charge on any atom is 0.0652 e. The number of fused-ring (bicyclic) bond motifs is 1. The van der Waals surface area contributed by atoms with Crippen molar-refractivity contribution in [3.05, 3.63) is 50.7 Å². The topological polar surface area (TPSA) is 30.9 Å². The molecule has 1 aliphatic carbocycles. The molecule has 3 rings (SSSR count). The van der Waals surface area contributed by atoms with Gasteiger partial charge in [0, 0.05) is 21.9 Å². The van der Waals surface area contributed by atoms with Gasteiger partial charge in [0.1, 0.15) is 0 Å². The van der Waals surface area contributed by atoms with Crippen LogP contribution in [0.3, 0.4) is 0 Å². The normalized spacial score (nSPS) is 20.4. The third-order valence-electron chi connectivity index (χ3n) is 4.29. The van der Waals surface area contributed by atoms with Gasteiger partial charge in [-0.25, -0.2) is 0 Å². The van der Waals surface area contributed by atoms with Crippen LogP contribution in [0.2, 0.25) is 5.02 Å². The van der Waals surface area contributed by atoms with Gasteiger partial charge in [-0.2, -0.15) is 0 Å². The maximum absolute atomic E-state index is 6.44. The summed E-state index contributed by atoms with van der Waals surface area (Å²) < 4.78 is 3.30. The first kappa shape index (κ1) is 15.1. The fraction of sp³-hybridized carbons (Fsp3) is 0.412. The molecular weight excluding hydrogens is 348 g/mol. The first-order valence-electron chi connectivity index (χ1n) is 7.21. The van der Waals surface area contributed by atoms with Crippen molar-refractivity contribution in [2.75, 3.05) is 0 Å². The molecule has 1 aliphatic rings. The number of rotatable bonds is 1. The van der Waals surface area contributed by atoms with Crippen LogP contribution < -0.4 is 5.73 Å². The zero-order chi connectivity index (χ0) is 15.4. The van der Waals surface area contributed by atoms with Crippen LogP contribution in [0.1, 0.15) is 43.3 Å². The van der Waals surface area contributed by atoms with E-state index in [0.29, 0.717) is 0 Å². The zero-order valence-electron chi connectivity index (χ0n) is 12.6. The predicted molar refractivity (Wildman–Crippen MR) is 92.2 cm³/mol. The molecule has 1 aromatic heterocycles. The third-order valence-corrected chi connectivity index (χ3v) is 5.10. The van der Waals surface area contributed by atoms with E-state index in [1.165, 1.54) is 17.0 Å². The second-order valence-electron chi connectivity index (χ2n) is 6.77. The lowest BCUT2D eigenvalue weighted by molar-refractivity contribution is 0.278. The summed E-state index contributed by atoms with van der Waals surface area (Å²) in [5.41, 5.74) is 11.4. The summed E-state index contributed by atoms with van der Waals surface area (Å²) in [6.45, 7) is 6.69. The smallest absolute Gasteiger partial charge is 0.0652 e. The number of aromatic nitrogens is 1. The van der Waals surface area contributed by atoms with Crippen molar-refractivity contribution in [2.45, 2.75) is 39.7 Å². The van der Waals surface area contributed by atoms with Gasteiger partial charge in [-0.3, -0.25) is 0 Å². The van der Waals surface area contributed by atoms with Gasteiger partial charge < -0.3 is 10.3 Å². The second kappa shape index (κ2) is 5.15. The van der Waals surface area contributed by atoms with Gasteiger partial charge in [-0.15, -0.1) is 0 Å². The van der Waals surface area contributed by atoms with E-state index < -0.39 is 0 Å². The molecule has 0 saturated heterocycles. The number of hydrogen-bond donors (Lipinski definition) is 1. The van der Waals surface area contributed by atoms with E-state index in [9.17, 15) is 0 Å². The number of nitrogens with zero attached hydrogens (tertiary/aromatic N) is 1. The molecule has 0 amide bonds. The minimum Gasteiger partial charge on any atom is -0.324 e. The van der Waals surface area contributed by atoms with Gasteiger partial charge in [0.2, 0.25) is 0 Å². The van der Waals surface area contributed by atoms with E-state index in [1.807, 2.05) is 12.1 Å². The van der Waals surface area contributed by atoms with Crippen molar-refractivity contribution in [1.82, 2.24) is 4.57 Å². The van der Waals surface area contributed by atoms with Crippen LogP contribution >= 0.6 is 27.5 Å². The van der Waals surface area contributed by atoms with Crippen LogP contribution in [0.4, 0.5) is 0 Å². The average Bonchev–Trinajstić information content (AvgIpc) is 2.68. The van der Waals surface area contributed by atoms with Crippen molar-refractivity contribution in [1.29, 1.82) is 0 Å². The van der Waals surface area contributed by atoms with E-state index >= 15 is 0 Å². The lowest BCUT2D eigenvalue weighted by atomic mass is 9.74. The summed E-state index contributed by atoms with van der Waals surface area (Å²) in [4.78, 5) is 0. The Morgan fingerprint density at radius 2 is 2.05 bits per heavy atom. The SMILES string of the molecule is Cc1cc2c(n1-c1cc(Br)ccc1Cl)CC(C)(C)CC2N. The van der Waals surface area contributed by atoms with Gasteiger partial charge in [-0.05, 0) is 55.0 Å². The Morgan fingerprint density at radius 1 is 1.33 bits per heavy atom. The lowest BCUT2D eigenvalue weighted by Crippen LogP contribution is -2.30. The molecule has 1 aromatic carbocycles. The highest BCUT2D eigenvalue weighted by molar-refractivity contribution is 9.10. The Morgan fingerprint density at radius 3 is 2.76 bits per heavy atom. The molecule has 21 heavy (non-hydrogen) atoms. The van der Waals surface area contributed by atoms with Gasteiger partial charge in [0.25, 0.3) is 0 Å². The minimum absolute atomic E-state index is 0.106. The number of nitrogens with two attached hydrogens (primary N) is 1. The Bertz CT molecular complexity index is 703. The Hall–Kier alpha value is -0.770. The molecule has 1 unspecified atom stereocenters. The molecule has 0 bridgehead atoms. The molecule has 0 radical (unpaired) electrons. The van der Waals surface area contributed by atoms with Crippen LogP contribution in [0.5, 0.6) is 0 Å². The van der Waals surface area contributed by atoms with Crippen molar-refractivity contribution >= 4 is 27.5 Å². The lowest BCUT2D eigenvalue weighted by Gasteiger charge is -2.34. The van der Waals surface area contributed by atoms with Gasteiger partial charge in [0.05, 0.1) is 10.7 Å². The molecule has 1 atom stereocenters. The summed E-state index contributed by atoms with van der Waals surface area (Å²) in [6, 6.07) is 8.29. The maximum atomic E-state index is 6.44. The quantitative estimate of drug-likeness (QED) is 0.740. The van der Waals surface area contributed by atoms with Crippen molar-refractivity contribution < 1.29 is 0 Å². The van der Waals surface area contributed by atoms with E-state index in [2.05, 4.69) is 53.4 Å². The van der Waals surface area contributed by atoms with E-state index in [0.717, 1.165) is 28.0 Å². The summed E-state index contributed by atoms with van der Waals surface area (Å²) in [5, 5.41) is 0.761. The molecule has 2 N–H and O–H groups in total. The number of hydrogen-bond acceptors (Lipinski definition) is 1. The Kier molecular flexibility index (Phi) is 3.71. The van der Waals surface area contributed by atoms with E-state index in [1.54, 1.807) is 0 Å². The molecule has 4 heteroatoms. The van der Waals surface area contributed by atoms with Crippen LogP contribution in [0.15, 0.2) is 28.7 Å². The molecule has 2 aromatic rings. The predicted octanol–water partition coefficient (Wildman–Crippen LogP) is 5.17. The highest BCUT2D eigenvalue weighted by Crippen LogP contribution is 2.42. The second-order valence-corrected chi connectivity index (χ2v) is 8.09. The van der Waals surface area contributed by atoms with Crippen molar-refractivity contribution in [3.63, 3.8) is 0 Å². The molecule has 0 saturated carbocycles. The zero-order valence-corrected chi connectivity index (χ0v) is 14.9. The van der Waals surface area contributed by atoms with E-state index in [4.69, 9.17) is 17.3 Å². The van der Waals surface area contributed by atoms with Crippen molar-refractivity contribution in [3.8, 4) is 5.69 Å². The Labute approximate surface area is 139 Å². The minimum atomic E-state index is 0.106. The fourth-order valence-corrected chi connectivity index (χ4v) is 3.99. The number of aryl methyl sites for hydroxylation is 1. The molecule has 112 valence electrons. The fourth-order valence-electron chi connectivity index (χ4n) is 3.44. The third kappa shape index (κ3) is 2.67. The standard InChI is InChI=1S/C17H20BrClN2/c1-10-6-12-14(20)8-17(2,3)9-16(12)21(10)15-7-11(18)4-5-13(15)19/h4-7,14H,8-9,20H2,1-3H3. The summed E-state index contributed by atoms with van der Waals surface area (Å²) >= 11 is 9.98. The van der Waals surface area contributed by atoms with Gasteiger partial charge in [-0.1, -0.05) is 41.4 Å². The highest BCUT2D eigenvalue weighted by Gasteiger charge is 2.33. The van der Waals surface area contributed by atoms with E-state index in [-0.39, 0.29) is 11.5 Å². The average molecular weight is 368 g/mol. The molecule has 0 spiro atoms. The molecule has 0 aliphatic heterocycles. The molecule has 2 nitrogen and oxygen atoms in total. The van der Waals surface area contributed by atoms with Crippen LogP contribution in [-0.4, -0.2) is 4.57 Å². The summed E-state index contributed by atoms with van der Waals surface area (Å²) in [7, 11) is 0.